The number of fused-ring (bicyclic) bond motifs is 1. The van der Waals surface area contributed by atoms with Gasteiger partial charge < -0.3 is 10.6 Å². The number of halogens is 1. The number of hydrogen-bond donors (Lipinski definition) is 2. The molecule has 3 nitrogen and oxygen atoms in total. The molecule has 0 spiro atoms. The molecule has 2 atom stereocenters. The standard InChI is InChI=1S/C11H12BrN3/c12-8-3-1-2-7(4-8)11-14-9-5-13-6-10(9)15-11/h1-4,9-10,13H,5-6H2,(H,14,15). The lowest BCUT2D eigenvalue weighted by Crippen LogP contribution is -2.35. The fourth-order valence-electron chi connectivity index (χ4n) is 2.12. The van der Waals surface area contributed by atoms with Crippen molar-refractivity contribution in [3.8, 4) is 0 Å². The Hall–Kier alpha value is -0.870. The first-order valence-electron chi connectivity index (χ1n) is 5.14. The maximum absolute atomic E-state index is 4.68. The van der Waals surface area contributed by atoms with Crippen LogP contribution in [0.4, 0.5) is 0 Å². The molecule has 1 fully saturated rings. The van der Waals surface area contributed by atoms with Gasteiger partial charge in [0.1, 0.15) is 5.84 Å². The summed E-state index contributed by atoms with van der Waals surface area (Å²) in [4.78, 5) is 4.68. The van der Waals surface area contributed by atoms with E-state index in [0.717, 1.165) is 23.4 Å². The molecule has 4 heteroatoms. The topological polar surface area (TPSA) is 36.4 Å². The van der Waals surface area contributed by atoms with Crippen molar-refractivity contribution < 1.29 is 0 Å². The summed E-state index contributed by atoms with van der Waals surface area (Å²) in [5.41, 5.74) is 1.17. The number of aliphatic imine (C=N–C) groups is 1. The van der Waals surface area contributed by atoms with Crippen molar-refractivity contribution in [2.45, 2.75) is 12.1 Å². The fraction of sp³-hybridized carbons (Fsp3) is 0.364. The SMILES string of the molecule is Brc1cccc(C2=NC3CNCC3N2)c1. The predicted octanol–water partition coefficient (Wildman–Crippen LogP) is 1.14. The maximum Gasteiger partial charge on any atom is 0.129 e. The van der Waals surface area contributed by atoms with Gasteiger partial charge in [-0.25, -0.2) is 0 Å². The molecule has 2 heterocycles. The van der Waals surface area contributed by atoms with E-state index in [2.05, 4.69) is 43.7 Å². The molecule has 2 unspecified atom stereocenters. The normalized spacial score (nSPS) is 28.5. The van der Waals surface area contributed by atoms with Gasteiger partial charge in [0.25, 0.3) is 0 Å². The van der Waals surface area contributed by atoms with Gasteiger partial charge in [-0.1, -0.05) is 28.1 Å². The van der Waals surface area contributed by atoms with Gasteiger partial charge in [0, 0.05) is 23.1 Å². The number of rotatable bonds is 1. The van der Waals surface area contributed by atoms with Gasteiger partial charge in [-0.2, -0.15) is 0 Å². The maximum atomic E-state index is 4.68. The molecule has 0 bridgehead atoms. The van der Waals surface area contributed by atoms with Crippen molar-refractivity contribution in [3.63, 3.8) is 0 Å². The summed E-state index contributed by atoms with van der Waals surface area (Å²) in [5, 5.41) is 6.79. The molecule has 1 aromatic rings. The molecule has 0 amide bonds. The molecule has 3 rings (SSSR count). The number of benzene rings is 1. The molecule has 2 aliphatic rings. The lowest BCUT2D eigenvalue weighted by Gasteiger charge is -2.08. The van der Waals surface area contributed by atoms with Gasteiger partial charge in [-0.3, -0.25) is 4.99 Å². The van der Waals surface area contributed by atoms with E-state index in [9.17, 15) is 0 Å². The van der Waals surface area contributed by atoms with Crippen LogP contribution in [0.5, 0.6) is 0 Å². The highest BCUT2D eigenvalue weighted by Gasteiger charge is 2.32. The second-order valence-corrected chi connectivity index (χ2v) is 4.88. The monoisotopic (exact) mass is 265 g/mol. The Labute approximate surface area is 97.1 Å². The second kappa shape index (κ2) is 3.61. The van der Waals surface area contributed by atoms with Crippen molar-refractivity contribution in [2.24, 2.45) is 4.99 Å². The molecule has 1 saturated heterocycles. The Bertz CT molecular complexity index is 416. The minimum Gasteiger partial charge on any atom is -0.364 e. The summed E-state index contributed by atoms with van der Waals surface area (Å²) in [6.45, 7) is 2.01. The highest BCUT2D eigenvalue weighted by Crippen LogP contribution is 2.17. The van der Waals surface area contributed by atoms with E-state index in [-0.39, 0.29) is 0 Å². The summed E-state index contributed by atoms with van der Waals surface area (Å²) in [6.07, 6.45) is 0. The molecule has 2 aliphatic heterocycles. The van der Waals surface area contributed by atoms with Crippen LogP contribution in [0, 0.1) is 0 Å². The Balaban J connectivity index is 1.90. The van der Waals surface area contributed by atoms with Gasteiger partial charge in [0.15, 0.2) is 0 Å². The lowest BCUT2D eigenvalue weighted by atomic mass is 10.2. The Morgan fingerprint density at radius 1 is 1.33 bits per heavy atom. The molecule has 1 aromatic carbocycles. The molecular formula is C11H12BrN3. The molecule has 0 saturated carbocycles. The number of hydrogen-bond acceptors (Lipinski definition) is 3. The molecule has 15 heavy (non-hydrogen) atoms. The van der Waals surface area contributed by atoms with E-state index >= 15 is 0 Å². The molecular weight excluding hydrogens is 254 g/mol. The van der Waals surface area contributed by atoms with Gasteiger partial charge in [-0.05, 0) is 12.1 Å². The van der Waals surface area contributed by atoms with E-state index in [1.54, 1.807) is 0 Å². The van der Waals surface area contributed by atoms with Crippen LogP contribution in [0.25, 0.3) is 0 Å². The van der Waals surface area contributed by atoms with Crippen LogP contribution in [0.2, 0.25) is 0 Å². The first kappa shape index (κ1) is 9.36. The zero-order valence-corrected chi connectivity index (χ0v) is 9.79. The summed E-state index contributed by atoms with van der Waals surface area (Å²) in [5.74, 6) is 1.04. The largest absolute Gasteiger partial charge is 0.364 e. The summed E-state index contributed by atoms with van der Waals surface area (Å²) in [6, 6.07) is 9.15. The van der Waals surface area contributed by atoms with E-state index in [4.69, 9.17) is 0 Å². The highest BCUT2D eigenvalue weighted by molar-refractivity contribution is 9.10. The predicted molar refractivity (Wildman–Crippen MR) is 64.3 cm³/mol. The first-order chi connectivity index (χ1) is 7.33. The minimum atomic E-state index is 0.416. The number of nitrogens with one attached hydrogen (secondary N) is 2. The van der Waals surface area contributed by atoms with Crippen molar-refractivity contribution in [1.82, 2.24) is 10.6 Å². The Kier molecular flexibility index (Phi) is 2.25. The van der Waals surface area contributed by atoms with Crippen LogP contribution in [0.15, 0.2) is 33.7 Å². The summed E-state index contributed by atoms with van der Waals surface area (Å²) in [7, 11) is 0. The van der Waals surface area contributed by atoms with Crippen LogP contribution in [-0.4, -0.2) is 31.0 Å². The fourth-order valence-corrected chi connectivity index (χ4v) is 2.52. The number of nitrogens with zero attached hydrogens (tertiary/aromatic N) is 1. The third-order valence-corrected chi connectivity index (χ3v) is 3.39. The molecule has 0 aromatic heterocycles. The zero-order valence-electron chi connectivity index (χ0n) is 8.20. The summed E-state index contributed by atoms with van der Waals surface area (Å²) < 4.78 is 1.10. The Morgan fingerprint density at radius 3 is 3.07 bits per heavy atom. The highest BCUT2D eigenvalue weighted by atomic mass is 79.9. The smallest absolute Gasteiger partial charge is 0.129 e. The zero-order chi connectivity index (χ0) is 10.3. The number of amidine groups is 1. The van der Waals surface area contributed by atoms with E-state index < -0.39 is 0 Å². The molecule has 0 radical (unpaired) electrons. The van der Waals surface area contributed by atoms with E-state index in [1.165, 1.54) is 5.56 Å². The summed E-state index contributed by atoms with van der Waals surface area (Å²) >= 11 is 3.48. The van der Waals surface area contributed by atoms with Gasteiger partial charge in [0.05, 0.1) is 12.1 Å². The molecule has 2 N–H and O–H groups in total. The average molecular weight is 266 g/mol. The van der Waals surface area contributed by atoms with Crippen LogP contribution in [0.3, 0.4) is 0 Å². The average Bonchev–Trinajstić information content (AvgIpc) is 2.76. The van der Waals surface area contributed by atoms with E-state index in [0.29, 0.717) is 12.1 Å². The van der Waals surface area contributed by atoms with Crippen LogP contribution >= 0.6 is 15.9 Å². The lowest BCUT2D eigenvalue weighted by molar-refractivity contribution is 0.637. The second-order valence-electron chi connectivity index (χ2n) is 3.96. The van der Waals surface area contributed by atoms with Crippen molar-refractivity contribution >= 4 is 21.8 Å². The van der Waals surface area contributed by atoms with Crippen LogP contribution < -0.4 is 10.6 Å². The van der Waals surface area contributed by atoms with Crippen molar-refractivity contribution in [1.29, 1.82) is 0 Å². The third-order valence-electron chi connectivity index (χ3n) is 2.90. The quantitative estimate of drug-likeness (QED) is 0.799. The van der Waals surface area contributed by atoms with Crippen molar-refractivity contribution in [3.05, 3.63) is 34.3 Å². The Morgan fingerprint density at radius 2 is 2.27 bits per heavy atom. The molecule has 0 aliphatic carbocycles. The van der Waals surface area contributed by atoms with Gasteiger partial charge in [-0.15, -0.1) is 0 Å². The first-order valence-corrected chi connectivity index (χ1v) is 5.93. The van der Waals surface area contributed by atoms with E-state index in [1.807, 2.05) is 12.1 Å². The van der Waals surface area contributed by atoms with Gasteiger partial charge in [0.2, 0.25) is 0 Å². The van der Waals surface area contributed by atoms with Crippen LogP contribution in [0.1, 0.15) is 5.56 Å². The van der Waals surface area contributed by atoms with Gasteiger partial charge >= 0.3 is 0 Å². The third kappa shape index (κ3) is 1.68. The molecule has 78 valence electrons. The van der Waals surface area contributed by atoms with Crippen molar-refractivity contribution in [2.75, 3.05) is 13.1 Å². The van der Waals surface area contributed by atoms with Crippen LogP contribution in [-0.2, 0) is 0 Å². The minimum absolute atomic E-state index is 0.416.